The minimum absolute atomic E-state index is 0.0132. The lowest BCUT2D eigenvalue weighted by molar-refractivity contribution is 0.0297. The summed E-state index contributed by atoms with van der Waals surface area (Å²) in [4.78, 5) is 14.3. The first-order chi connectivity index (χ1) is 9.65. The third-order valence-electron chi connectivity index (χ3n) is 3.94. The van der Waals surface area contributed by atoms with Crippen molar-refractivity contribution in [2.45, 2.75) is 19.4 Å². The number of rotatable bonds is 1. The molecule has 1 N–H and O–H groups in total. The number of benzene rings is 1. The van der Waals surface area contributed by atoms with Gasteiger partial charge in [-0.15, -0.1) is 0 Å². The highest BCUT2D eigenvalue weighted by atomic mass is 16.6. The van der Waals surface area contributed by atoms with Crippen molar-refractivity contribution in [3.05, 3.63) is 23.8 Å². The minimum Gasteiger partial charge on any atom is -0.486 e. The summed E-state index contributed by atoms with van der Waals surface area (Å²) in [6, 6.07) is 5.29. The molecule has 2 aliphatic heterocycles. The molecular weight excluding hydrogens is 258 g/mol. The Bertz CT molecular complexity index is 517. The maximum absolute atomic E-state index is 12.5. The van der Waals surface area contributed by atoms with E-state index in [-0.39, 0.29) is 17.9 Å². The molecule has 5 nitrogen and oxygen atoms in total. The number of carbonyl (C=O) groups is 1. The lowest BCUT2D eigenvalue weighted by Gasteiger charge is -2.34. The van der Waals surface area contributed by atoms with Crippen LogP contribution in [-0.4, -0.2) is 48.3 Å². The third-order valence-corrected chi connectivity index (χ3v) is 3.94. The molecule has 1 aromatic rings. The van der Waals surface area contributed by atoms with Crippen LogP contribution in [0.4, 0.5) is 0 Å². The first-order valence-corrected chi connectivity index (χ1v) is 7.02. The van der Waals surface area contributed by atoms with Crippen molar-refractivity contribution in [2.24, 2.45) is 5.92 Å². The van der Waals surface area contributed by atoms with E-state index < -0.39 is 0 Å². The Morgan fingerprint density at radius 3 is 2.80 bits per heavy atom. The summed E-state index contributed by atoms with van der Waals surface area (Å²) in [5.74, 6) is 1.42. The molecule has 2 atom stereocenters. The Morgan fingerprint density at radius 2 is 2.05 bits per heavy atom. The summed E-state index contributed by atoms with van der Waals surface area (Å²) >= 11 is 0. The van der Waals surface area contributed by atoms with E-state index >= 15 is 0 Å². The number of piperidine rings is 1. The van der Waals surface area contributed by atoms with Crippen LogP contribution in [0.1, 0.15) is 23.7 Å². The number of aliphatic hydroxyl groups is 1. The first-order valence-electron chi connectivity index (χ1n) is 7.02. The molecule has 0 saturated carbocycles. The summed E-state index contributed by atoms with van der Waals surface area (Å²) in [5, 5.41) is 9.73. The first kappa shape index (κ1) is 13.2. The number of likely N-dealkylation sites (tertiary alicyclic amines) is 1. The fourth-order valence-corrected chi connectivity index (χ4v) is 2.68. The summed E-state index contributed by atoms with van der Waals surface area (Å²) in [5.41, 5.74) is 0.609. The van der Waals surface area contributed by atoms with E-state index in [2.05, 4.69) is 0 Å². The van der Waals surface area contributed by atoms with Gasteiger partial charge in [-0.3, -0.25) is 4.79 Å². The molecule has 0 radical (unpaired) electrons. The predicted molar refractivity (Wildman–Crippen MR) is 73.1 cm³/mol. The van der Waals surface area contributed by atoms with Crippen LogP contribution < -0.4 is 9.47 Å². The number of fused-ring (bicyclic) bond motifs is 1. The van der Waals surface area contributed by atoms with Crippen LogP contribution >= 0.6 is 0 Å². The highest BCUT2D eigenvalue weighted by molar-refractivity contribution is 5.95. The minimum atomic E-state index is -0.306. The molecule has 0 spiro atoms. The van der Waals surface area contributed by atoms with Crippen LogP contribution in [0.2, 0.25) is 0 Å². The van der Waals surface area contributed by atoms with Crippen LogP contribution in [-0.2, 0) is 0 Å². The monoisotopic (exact) mass is 277 g/mol. The molecule has 3 rings (SSSR count). The maximum atomic E-state index is 12.5. The number of hydrogen-bond acceptors (Lipinski definition) is 4. The van der Waals surface area contributed by atoms with Gasteiger partial charge in [0.15, 0.2) is 11.5 Å². The second kappa shape index (κ2) is 5.32. The Hall–Kier alpha value is -1.75. The molecule has 0 aliphatic carbocycles. The molecule has 2 unspecified atom stereocenters. The fraction of sp³-hybridized carbons (Fsp3) is 0.533. The summed E-state index contributed by atoms with van der Waals surface area (Å²) in [7, 11) is 0. The van der Waals surface area contributed by atoms with Gasteiger partial charge in [0.1, 0.15) is 13.2 Å². The summed E-state index contributed by atoms with van der Waals surface area (Å²) < 4.78 is 11.0. The third kappa shape index (κ3) is 2.45. The number of aliphatic hydroxyl groups excluding tert-OH is 1. The fourth-order valence-electron chi connectivity index (χ4n) is 2.68. The number of amides is 1. The molecule has 108 valence electrons. The second-order valence-electron chi connectivity index (χ2n) is 5.44. The zero-order valence-corrected chi connectivity index (χ0v) is 11.5. The van der Waals surface area contributed by atoms with Crippen LogP contribution in [0.25, 0.3) is 0 Å². The lowest BCUT2D eigenvalue weighted by atomic mass is 9.96. The molecule has 2 heterocycles. The summed E-state index contributed by atoms with van der Waals surface area (Å²) in [6.45, 7) is 4.21. The van der Waals surface area contributed by atoms with Crippen LogP contribution in [0.15, 0.2) is 18.2 Å². The Morgan fingerprint density at radius 1 is 1.30 bits per heavy atom. The second-order valence-corrected chi connectivity index (χ2v) is 5.44. The van der Waals surface area contributed by atoms with Gasteiger partial charge in [0, 0.05) is 18.7 Å². The van der Waals surface area contributed by atoms with Crippen molar-refractivity contribution in [2.75, 3.05) is 26.3 Å². The van der Waals surface area contributed by atoms with Crippen molar-refractivity contribution in [1.82, 2.24) is 4.90 Å². The molecule has 1 amide bonds. The van der Waals surface area contributed by atoms with E-state index in [0.29, 0.717) is 49.8 Å². The number of hydrogen-bond donors (Lipinski definition) is 1. The normalized spacial score (nSPS) is 25.4. The van der Waals surface area contributed by atoms with Crippen molar-refractivity contribution in [1.29, 1.82) is 0 Å². The van der Waals surface area contributed by atoms with E-state index in [1.807, 2.05) is 6.92 Å². The quantitative estimate of drug-likeness (QED) is 0.840. The molecule has 1 aromatic carbocycles. The molecule has 2 aliphatic rings. The highest BCUT2D eigenvalue weighted by Crippen LogP contribution is 2.31. The topological polar surface area (TPSA) is 59.0 Å². The van der Waals surface area contributed by atoms with Crippen LogP contribution in [0.5, 0.6) is 11.5 Å². The molecule has 5 heteroatoms. The van der Waals surface area contributed by atoms with Crippen LogP contribution in [0.3, 0.4) is 0 Å². The number of nitrogens with zero attached hydrogens (tertiary/aromatic N) is 1. The Labute approximate surface area is 118 Å². The smallest absolute Gasteiger partial charge is 0.254 e. The van der Waals surface area contributed by atoms with Gasteiger partial charge >= 0.3 is 0 Å². The van der Waals surface area contributed by atoms with E-state index in [1.54, 1.807) is 23.1 Å². The molecule has 20 heavy (non-hydrogen) atoms. The molecule has 1 saturated heterocycles. The van der Waals surface area contributed by atoms with Gasteiger partial charge < -0.3 is 19.5 Å². The van der Waals surface area contributed by atoms with E-state index in [1.165, 1.54) is 0 Å². The van der Waals surface area contributed by atoms with Gasteiger partial charge in [0.05, 0.1) is 6.10 Å². The van der Waals surface area contributed by atoms with Crippen molar-refractivity contribution >= 4 is 5.91 Å². The average molecular weight is 277 g/mol. The van der Waals surface area contributed by atoms with E-state index in [9.17, 15) is 9.90 Å². The Kier molecular flexibility index (Phi) is 3.53. The van der Waals surface area contributed by atoms with E-state index in [0.717, 1.165) is 0 Å². The number of ether oxygens (including phenoxy) is 2. The zero-order valence-electron chi connectivity index (χ0n) is 11.5. The van der Waals surface area contributed by atoms with Gasteiger partial charge in [0.25, 0.3) is 5.91 Å². The van der Waals surface area contributed by atoms with Gasteiger partial charge in [-0.2, -0.15) is 0 Å². The SMILES string of the molecule is CC1CN(C(=O)c2ccc3c(c2)OCCO3)CCC1O. The molecule has 1 fully saturated rings. The summed E-state index contributed by atoms with van der Waals surface area (Å²) in [6.07, 6.45) is 0.330. The van der Waals surface area contributed by atoms with Gasteiger partial charge in [0.2, 0.25) is 0 Å². The van der Waals surface area contributed by atoms with Crippen molar-refractivity contribution < 1.29 is 19.4 Å². The van der Waals surface area contributed by atoms with E-state index in [4.69, 9.17) is 9.47 Å². The van der Waals surface area contributed by atoms with Crippen molar-refractivity contribution in [3.63, 3.8) is 0 Å². The maximum Gasteiger partial charge on any atom is 0.254 e. The van der Waals surface area contributed by atoms with Gasteiger partial charge in [-0.25, -0.2) is 0 Å². The lowest BCUT2D eigenvalue weighted by Crippen LogP contribution is -2.44. The molecule has 0 bridgehead atoms. The average Bonchev–Trinajstić information content (AvgIpc) is 2.49. The zero-order chi connectivity index (χ0) is 14.1. The van der Waals surface area contributed by atoms with Crippen molar-refractivity contribution in [3.8, 4) is 11.5 Å². The largest absolute Gasteiger partial charge is 0.486 e. The van der Waals surface area contributed by atoms with Crippen LogP contribution in [0, 0.1) is 5.92 Å². The molecular formula is C15H19NO4. The highest BCUT2D eigenvalue weighted by Gasteiger charge is 2.28. The number of carbonyl (C=O) groups excluding carboxylic acids is 1. The van der Waals surface area contributed by atoms with Gasteiger partial charge in [-0.05, 0) is 30.5 Å². The molecule has 0 aromatic heterocycles. The predicted octanol–water partition coefficient (Wildman–Crippen LogP) is 1.30. The Balaban J connectivity index is 1.77. The van der Waals surface area contributed by atoms with Gasteiger partial charge in [-0.1, -0.05) is 6.92 Å². The standard InChI is InChI=1S/C15H19NO4/c1-10-9-16(5-4-12(10)17)15(18)11-2-3-13-14(8-11)20-7-6-19-13/h2-3,8,10,12,17H,4-7,9H2,1H3.